The van der Waals surface area contributed by atoms with Gasteiger partial charge in [-0.25, -0.2) is 0 Å². The molecule has 2 aliphatic carbocycles. The smallest absolute Gasteiger partial charge is 0.230 e. The van der Waals surface area contributed by atoms with E-state index >= 15 is 0 Å². The largest absolute Gasteiger partial charge is 0.352 e. The molecule has 6 nitrogen and oxygen atoms in total. The molecule has 120 valence electrons. The number of nitrogens with zero attached hydrogens (tertiary/aromatic N) is 3. The molecule has 2 aromatic rings. The third kappa shape index (κ3) is 3.24. The van der Waals surface area contributed by atoms with Crippen LogP contribution in [0.25, 0.3) is 11.5 Å². The van der Waals surface area contributed by atoms with Crippen LogP contribution in [0, 0.1) is 11.8 Å². The molecule has 0 radical (unpaired) electrons. The van der Waals surface area contributed by atoms with E-state index in [1.807, 2.05) is 18.2 Å². The van der Waals surface area contributed by atoms with Crippen molar-refractivity contribution >= 4 is 17.7 Å². The van der Waals surface area contributed by atoms with Gasteiger partial charge < -0.3 is 5.32 Å². The minimum Gasteiger partial charge on any atom is -0.352 e. The van der Waals surface area contributed by atoms with Crippen molar-refractivity contribution < 1.29 is 4.79 Å². The van der Waals surface area contributed by atoms with Crippen molar-refractivity contribution in [1.82, 2.24) is 25.5 Å². The number of amides is 1. The fraction of sp³-hybridized carbons (Fsp3) is 0.500. The standard InChI is InChI=1S/C16H19N5OS/c22-14(18-13-8-10-4-5-11(13)7-10)9-23-16-19-15(20-21-16)12-3-1-2-6-17-12/h1-3,6,10-11,13H,4-5,7-9H2,(H,18,22)(H,19,20,21)/t10-,11-,13-/m1/s1. The summed E-state index contributed by atoms with van der Waals surface area (Å²) < 4.78 is 0. The minimum absolute atomic E-state index is 0.0803. The summed E-state index contributed by atoms with van der Waals surface area (Å²) in [7, 11) is 0. The number of pyridine rings is 1. The van der Waals surface area contributed by atoms with Crippen LogP contribution in [0.4, 0.5) is 0 Å². The van der Waals surface area contributed by atoms with Crippen LogP contribution in [0.15, 0.2) is 29.6 Å². The number of nitrogens with one attached hydrogen (secondary N) is 2. The van der Waals surface area contributed by atoms with Crippen molar-refractivity contribution in [2.45, 2.75) is 36.9 Å². The summed E-state index contributed by atoms with van der Waals surface area (Å²) in [4.78, 5) is 20.7. The number of carbonyl (C=O) groups is 1. The van der Waals surface area contributed by atoms with E-state index in [0.717, 1.165) is 18.0 Å². The van der Waals surface area contributed by atoms with Gasteiger partial charge in [-0.15, -0.1) is 5.10 Å². The average Bonchev–Trinajstić information content (AvgIpc) is 3.30. The lowest BCUT2D eigenvalue weighted by Crippen LogP contribution is -2.39. The maximum absolute atomic E-state index is 12.1. The van der Waals surface area contributed by atoms with Gasteiger partial charge in [0, 0.05) is 12.2 Å². The molecule has 2 aromatic heterocycles. The Morgan fingerprint density at radius 3 is 3.04 bits per heavy atom. The molecule has 0 aliphatic heterocycles. The second kappa shape index (κ2) is 6.31. The Kier molecular flexibility index (Phi) is 4.03. The van der Waals surface area contributed by atoms with E-state index in [0.29, 0.717) is 28.7 Å². The molecule has 0 saturated heterocycles. The molecule has 3 atom stereocenters. The zero-order chi connectivity index (χ0) is 15.6. The monoisotopic (exact) mass is 329 g/mol. The normalized spacial score (nSPS) is 25.7. The lowest BCUT2D eigenvalue weighted by atomic mass is 9.95. The van der Waals surface area contributed by atoms with Gasteiger partial charge in [0.15, 0.2) is 5.82 Å². The van der Waals surface area contributed by atoms with E-state index < -0.39 is 0 Å². The third-order valence-electron chi connectivity index (χ3n) is 4.79. The number of hydrogen-bond acceptors (Lipinski definition) is 5. The van der Waals surface area contributed by atoms with Crippen LogP contribution in [-0.4, -0.2) is 37.9 Å². The highest BCUT2D eigenvalue weighted by Crippen LogP contribution is 2.44. The Hall–Kier alpha value is -1.89. The van der Waals surface area contributed by atoms with Crippen LogP contribution < -0.4 is 5.32 Å². The number of thioether (sulfide) groups is 1. The molecule has 4 rings (SSSR count). The highest BCUT2D eigenvalue weighted by molar-refractivity contribution is 7.99. The van der Waals surface area contributed by atoms with Gasteiger partial charge in [0.2, 0.25) is 11.1 Å². The summed E-state index contributed by atoms with van der Waals surface area (Å²) in [6.07, 6.45) is 6.79. The fourth-order valence-corrected chi connectivity index (χ4v) is 4.34. The Bertz CT molecular complexity index is 689. The second-order valence-corrected chi connectivity index (χ2v) is 7.26. The molecule has 7 heteroatoms. The first-order chi connectivity index (χ1) is 11.3. The Balaban J connectivity index is 1.29. The molecule has 1 amide bonds. The molecular formula is C16H19N5OS. The van der Waals surface area contributed by atoms with Crippen molar-refractivity contribution in [3.63, 3.8) is 0 Å². The molecule has 0 aromatic carbocycles. The van der Waals surface area contributed by atoms with Gasteiger partial charge in [-0.3, -0.25) is 14.9 Å². The molecule has 2 aliphatic rings. The molecule has 2 fully saturated rings. The van der Waals surface area contributed by atoms with Gasteiger partial charge in [0.1, 0.15) is 5.69 Å². The fourth-order valence-electron chi connectivity index (χ4n) is 3.73. The summed E-state index contributed by atoms with van der Waals surface area (Å²) in [6.45, 7) is 0. The maximum Gasteiger partial charge on any atom is 0.230 e. The van der Waals surface area contributed by atoms with E-state index in [2.05, 4.69) is 25.5 Å². The van der Waals surface area contributed by atoms with Crippen molar-refractivity contribution in [2.24, 2.45) is 11.8 Å². The highest BCUT2D eigenvalue weighted by Gasteiger charge is 2.39. The zero-order valence-electron chi connectivity index (χ0n) is 12.7. The molecule has 0 spiro atoms. The van der Waals surface area contributed by atoms with Crippen LogP contribution in [0.3, 0.4) is 0 Å². The first-order valence-electron chi connectivity index (χ1n) is 8.04. The first kappa shape index (κ1) is 14.7. The van der Waals surface area contributed by atoms with E-state index in [9.17, 15) is 4.79 Å². The second-order valence-electron chi connectivity index (χ2n) is 6.32. The van der Waals surface area contributed by atoms with E-state index in [4.69, 9.17) is 0 Å². The van der Waals surface area contributed by atoms with Crippen LogP contribution in [0.1, 0.15) is 25.7 Å². The van der Waals surface area contributed by atoms with Crippen molar-refractivity contribution in [3.05, 3.63) is 24.4 Å². The summed E-state index contributed by atoms with van der Waals surface area (Å²) in [6, 6.07) is 6.02. The van der Waals surface area contributed by atoms with E-state index in [-0.39, 0.29) is 5.91 Å². The van der Waals surface area contributed by atoms with Crippen molar-refractivity contribution in [1.29, 1.82) is 0 Å². The third-order valence-corrected chi connectivity index (χ3v) is 5.64. The predicted molar refractivity (Wildman–Crippen MR) is 87.7 cm³/mol. The first-order valence-corrected chi connectivity index (χ1v) is 9.02. The highest BCUT2D eigenvalue weighted by atomic mass is 32.2. The lowest BCUT2D eigenvalue weighted by Gasteiger charge is -2.22. The Labute approximate surface area is 138 Å². The molecule has 0 unspecified atom stereocenters. The molecule has 2 heterocycles. The molecule has 2 bridgehead atoms. The van der Waals surface area contributed by atoms with Crippen LogP contribution in [0.5, 0.6) is 0 Å². The van der Waals surface area contributed by atoms with Gasteiger partial charge in [-0.1, -0.05) is 24.2 Å². The van der Waals surface area contributed by atoms with Gasteiger partial charge in [0.05, 0.1) is 5.75 Å². The molecule has 23 heavy (non-hydrogen) atoms. The maximum atomic E-state index is 12.1. The van der Waals surface area contributed by atoms with Gasteiger partial charge >= 0.3 is 0 Å². The average molecular weight is 329 g/mol. The number of rotatable bonds is 5. The van der Waals surface area contributed by atoms with Gasteiger partial charge in [-0.05, 0) is 43.2 Å². The number of hydrogen-bond donors (Lipinski definition) is 2. The van der Waals surface area contributed by atoms with Crippen molar-refractivity contribution in [3.8, 4) is 11.5 Å². The lowest BCUT2D eigenvalue weighted by molar-refractivity contribution is -0.119. The minimum atomic E-state index is 0.0803. The summed E-state index contributed by atoms with van der Waals surface area (Å²) in [5, 5.41) is 10.8. The SMILES string of the molecule is O=C(CSc1n[nH]c(-c2ccccn2)n1)N[C@@H]1C[C@@H]2CC[C@@H]1C2. The number of H-pyrrole nitrogens is 1. The zero-order valence-corrected chi connectivity index (χ0v) is 13.6. The van der Waals surface area contributed by atoms with Crippen molar-refractivity contribution in [2.75, 3.05) is 5.75 Å². The Morgan fingerprint density at radius 2 is 2.30 bits per heavy atom. The van der Waals surface area contributed by atoms with Crippen LogP contribution in [-0.2, 0) is 4.79 Å². The number of aromatic nitrogens is 4. The molecule has 2 saturated carbocycles. The van der Waals surface area contributed by atoms with Gasteiger partial charge in [0.25, 0.3) is 0 Å². The number of carbonyl (C=O) groups excluding carboxylic acids is 1. The summed E-state index contributed by atoms with van der Waals surface area (Å²) in [5.74, 6) is 2.60. The number of aromatic amines is 1. The molecule has 2 N–H and O–H groups in total. The van der Waals surface area contributed by atoms with E-state index in [1.165, 1.54) is 31.0 Å². The molecular weight excluding hydrogens is 310 g/mol. The van der Waals surface area contributed by atoms with E-state index in [1.54, 1.807) is 6.20 Å². The number of fused-ring (bicyclic) bond motifs is 2. The van der Waals surface area contributed by atoms with Crippen LogP contribution >= 0.6 is 11.8 Å². The quantitative estimate of drug-likeness (QED) is 0.822. The van der Waals surface area contributed by atoms with Gasteiger partial charge in [-0.2, -0.15) is 4.98 Å². The van der Waals surface area contributed by atoms with Crippen LogP contribution in [0.2, 0.25) is 0 Å². The summed E-state index contributed by atoms with van der Waals surface area (Å²) >= 11 is 1.35. The predicted octanol–water partition coefficient (Wildman–Crippen LogP) is 2.26. The summed E-state index contributed by atoms with van der Waals surface area (Å²) in [5.41, 5.74) is 0.748. The Morgan fingerprint density at radius 1 is 1.35 bits per heavy atom. The topological polar surface area (TPSA) is 83.6 Å².